The van der Waals surface area contributed by atoms with Gasteiger partial charge in [0.15, 0.2) is 0 Å². The molecule has 1 amide bonds. The second-order valence-corrected chi connectivity index (χ2v) is 6.85. The lowest BCUT2D eigenvalue weighted by Crippen LogP contribution is -2.50. The van der Waals surface area contributed by atoms with E-state index in [1.54, 1.807) is 0 Å². The first kappa shape index (κ1) is 18.7. The fraction of sp³-hybridized carbons (Fsp3) is 0.600. The largest absolute Gasteiger partial charge is 0.490 e. The van der Waals surface area contributed by atoms with Crippen molar-refractivity contribution in [3.63, 3.8) is 0 Å². The minimum Gasteiger partial charge on any atom is -0.475 e. The van der Waals surface area contributed by atoms with E-state index in [9.17, 15) is 18.0 Å². The first-order chi connectivity index (χ1) is 11.2. The molecule has 5 nitrogen and oxygen atoms in total. The molecule has 0 radical (unpaired) electrons. The van der Waals surface area contributed by atoms with Crippen molar-refractivity contribution in [2.45, 2.75) is 44.1 Å². The number of likely N-dealkylation sites (tertiary alicyclic amines) is 2. The number of carboxylic acid groups (broad SMARTS) is 1. The molecule has 0 bridgehead atoms. The smallest absolute Gasteiger partial charge is 0.475 e. The Kier molecular flexibility index (Phi) is 5.87. The Labute approximate surface area is 141 Å². The Morgan fingerprint density at radius 2 is 2.04 bits per heavy atom. The number of carboxylic acids is 1. The molecule has 0 spiro atoms. The third-order valence-electron chi connectivity index (χ3n) is 4.35. The molecule has 134 valence electrons. The van der Waals surface area contributed by atoms with E-state index in [-0.39, 0.29) is 0 Å². The number of hydrogen-bond acceptors (Lipinski definition) is 4. The molecule has 3 heterocycles. The summed E-state index contributed by atoms with van der Waals surface area (Å²) in [6, 6.07) is 5.36. The van der Waals surface area contributed by atoms with Crippen molar-refractivity contribution < 1.29 is 27.9 Å². The zero-order valence-electron chi connectivity index (χ0n) is 13.1. The molecule has 1 aromatic heterocycles. The molecule has 2 aliphatic rings. The van der Waals surface area contributed by atoms with E-state index in [0.29, 0.717) is 18.0 Å². The summed E-state index contributed by atoms with van der Waals surface area (Å²) in [4.78, 5) is 26.5. The zero-order chi connectivity index (χ0) is 17.9. The number of carbonyl (C=O) groups excluding carboxylic acids is 1. The lowest BCUT2D eigenvalue weighted by molar-refractivity contribution is -0.192. The summed E-state index contributed by atoms with van der Waals surface area (Å²) >= 11 is 1.83. The van der Waals surface area contributed by atoms with E-state index in [2.05, 4.69) is 22.4 Å². The van der Waals surface area contributed by atoms with E-state index >= 15 is 0 Å². The van der Waals surface area contributed by atoms with Gasteiger partial charge >= 0.3 is 12.1 Å². The van der Waals surface area contributed by atoms with Gasteiger partial charge in [-0.05, 0) is 24.3 Å². The van der Waals surface area contributed by atoms with Gasteiger partial charge in [0.2, 0.25) is 5.91 Å². The molecule has 2 aliphatic heterocycles. The number of piperidine rings is 1. The monoisotopic (exact) mass is 364 g/mol. The van der Waals surface area contributed by atoms with Crippen LogP contribution in [0.25, 0.3) is 0 Å². The molecule has 1 aromatic rings. The van der Waals surface area contributed by atoms with Crippen LogP contribution >= 0.6 is 11.3 Å². The van der Waals surface area contributed by atoms with Crippen LogP contribution in [0.15, 0.2) is 17.5 Å². The standard InChI is InChI=1S/C13H18N2OS.C2HF3O2/c1-14-11-6-7-15(9-10-3-2-8-17-10)12(11)4-5-13(14)16;3-2(4,5)1(6)7/h2-3,8,11-12H,4-7,9H2,1H3;(H,6,7)/t11-,12-;/m1./s1. The van der Waals surface area contributed by atoms with Gasteiger partial charge in [-0.3, -0.25) is 9.69 Å². The van der Waals surface area contributed by atoms with Gasteiger partial charge in [0.05, 0.1) is 0 Å². The molecule has 0 aromatic carbocycles. The van der Waals surface area contributed by atoms with Crippen LogP contribution in [0.5, 0.6) is 0 Å². The maximum absolute atomic E-state index is 11.7. The summed E-state index contributed by atoms with van der Waals surface area (Å²) in [6.07, 6.45) is -2.18. The highest BCUT2D eigenvalue weighted by atomic mass is 32.1. The average molecular weight is 364 g/mol. The number of hydrogen-bond donors (Lipinski definition) is 1. The van der Waals surface area contributed by atoms with Crippen molar-refractivity contribution in [1.82, 2.24) is 9.80 Å². The first-order valence-corrected chi connectivity index (χ1v) is 8.40. The molecular formula is C15H19F3N2O3S. The third-order valence-corrected chi connectivity index (χ3v) is 5.21. The van der Waals surface area contributed by atoms with Crippen LogP contribution in [0, 0.1) is 0 Å². The van der Waals surface area contributed by atoms with Crippen molar-refractivity contribution in [2.24, 2.45) is 0 Å². The van der Waals surface area contributed by atoms with Gasteiger partial charge in [0.1, 0.15) is 0 Å². The number of carbonyl (C=O) groups is 2. The van der Waals surface area contributed by atoms with E-state index in [4.69, 9.17) is 9.90 Å². The summed E-state index contributed by atoms with van der Waals surface area (Å²) in [5.74, 6) is -2.43. The Hall–Kier alpha value is -1.61. The summed E-state index contributed by atoms with van der Waals surface area (Å²) in [6.45, 7) is 2.19. The maximum Gasteiger partial charge on any atom is 0.490 e. The number of aliphatic carboxylic acids is 1. The van der Waals surface area contributed by atoms with Crippen molar-refractivity contribution in [2.75, 3.05) is 13.6 Å². The highest BCUT2D eigenvalue weighted by Crippen LogP contribution is 2.31. The molecule has 1 N–H and O–H groups in total. The Balaban J connectivity index is 0.000000256. The molecule has 0 saturated carbocycles. The van der Waals surface area contributed by atoms with Crippen LogP contribution in [0.3, 0.4) is 0 Å². The van der Waals surface area contributed by atoms with E-state index in [0.717, 1.165) is 32.4 Å². The fourth-order valence-electron chi connectivity index (χ4n) is 3.16. The van der Waals surface area contributed by atoms with Crippen LogP contribution in [-0.2, 0) is 16.1 Å². The average Bonchev–Trinajstić information content (AvgIpc) is 3.13. The molecule has 3 rings (SSSR count). The quantitative estimate of drug-likeness (QED) is 0.876. The lowest BCUT2D eigenvalue weighted by Gasteiger charge is -2.37. The Morgan fingerprint density at radius 1 is 1.38 bits per heavy atom. The van der Waals surface area contributed by atoms with E-state index in [1.165, 1.54) is 4.88 Å². The van der Waals surface area contributed by atoms with Crippen molar-refractivity contribution in [1.29, 1.82) is 0 Å². The van der Waals surface area contributed by atoms with Gasteiger partial charge in [-0.1, -0.05) is 6.07 Å². The minimum absolute atomic E-state index is 0.323. The van der Waals surface area contributed by atoms with Crippen LogP contribution in [0.1, 0.15) is 24.1 Å². The number of thiophene rings is 1. The minimum atomic E-state index is -5.08. The van der Waals surface area contributed by atoms with Crippen molar-refractivity contribution in [3.05, 3.63) is 22.4 Å². The summed E-state index contributed by atoms with van der Waals surface area (Å²) in [5, 5.41) is 9.26. The first-order valence-electron chi connectivity index (χ1n) is 7.52. The fourth-order valence-corrected chi connectivity index (χ4v) is 3.89. The predicted octanol–water partition coefficient (Wildman–Crippen LogP) is 2.58. The zero-order valence-corrected chi connectivity index (χ0v) is 13.9. The van der Waals surface area contributed by atoms with Crippen LogP contribution in [0.2, 0.25) is 0 Å². The molecule has 24 heavy (non-hydrogen) atoms. The molecule has 2 fully saturated rings. The molecule has 0 aliphatic carbocycles. The Bertz CT molecular complexity index is 577. The molecule has 9 heteroatoms. The molecule has 2 atom stereocenters. The number of rotatable bonds is 2. The second-order valence-electron chi connectivity index (χ2n) is 5.82. The molecular weight excluding hydrogens is 345 g/mol. The highest BCUT2D eigenvalue weighted by Gasteiger charge is 2.41. The number of nitrogens with zero attached hydrogens (tertiary/aromatic N) is 2. The van der Waals surface area contributed by atoms with Gasteiger partial charge in [0, 0.05) is 43.5 Å². The summed E-state index contributed by atoms with van der Waals surface area (Å²) in [7, 11) is 1.97. The number of alkyl halides is 3. The van der Waals surface area contributed by atoms with E-state index < -0.39 is 12.1 Å². The summed E-state index contributed by atoms with van der Waals surface area (Å²) < 4.78 is 31.7. The molecule has 2 saturated heterocycles. The van der Waals surface area contributed by atoms with Crippen LogP contribution in [-0.4, -0.2) is 58.6 Å². The van der Waals surface area contributed by atoms with Gasteiger partial charge in [-0.2, -0.15) is 13.2 Å². The Morgan fingerprint density at radius 3 is 2.58 bits per heavy atom. The number of fused-ring (bicyclic) bond motifs is 1. The van der Waals surface area contributed by atoms with Crippen LogP contribution < -0.4 is 0 Å². The van der Waals surface area contributed by atoms with Gasteiger partial charge < -0.3 is 10.0 Å². The SMILES string of the molecule is CN1C(=O)CC[C@@H]2[C@H]1CCN2Cc1cccs1.O=C(O)C(F)(F)F. The predicted molar refractivity (Wildman–Crippen MR) is 82.6 cm³/mol. The number of halogens is 3. The van der Waals surface area contributed by atoms with Crippen LogP contribution in [0.4, 0.5) is 13.2 Å². The van der Waals surface area contributed by atoms with Gasteiger partial charge in [0.25, 0.3) is 0 Å². The normalized spacial score (nSPS) is 24.3. The van der Waals surface area contributed by atoms with E-state index in [1.807, 2.05) is 23.3 Å². The van der Waals surface area contributed by atoms with Crippen molar-refractivity contribution >= 4 is 23.2 Å². The molecule has 0 unspecified atom stereocenters. The van der Waals surface area contributed by atoms with Gasteiger partial charge in [-0.25, -0.2) is 4.79 Å². The van der Waals surface area contributed by atoms with Crippen molar-refractivity contribution in [3.8, 4) is 0 Å². The maximum atomic E-state index is 11.7. The topological polar surface area (TPSA) is 60.9 Å². The third kappa shape index (κ3) is 4.47. The lowest BCUT2D eigenvalue weighted by atomic mass is 9.97. The summed E-state index contributed by atoms with van der Waals surface area (Å²) in [5.41, 5.74) is 0. The van der Waals surface area contributed by atoms with Gasteiger partial charge in [-0.15, -0.1) is 11.3 Å². The number of amides is 1. The number of likely N-dealkylation sites (N-methyl/N-ethyl adjacent to an activating group) is 1. The highest BCUT2D eigenvalue weighted by molar-refractivity contribution is 7.09. The second kappa shape index (κ2) is 7.52.